The Kier molecular flexibility index (Phi) is 8.20. The van der Waals surface area contributed by atoms with E-state index in [9.17, 15) is 13.6 Å². The van der Waals surface area contributed by atoms with Crippen molar-refractivity contribution < 1.29 is 27.8 Å². The lowest BCUT2D eigenvalue weighted by atomic mass is 10.2. The summed E-state index contributed by atoms with van der Waals surface area (Å²) in [5.74, 6) is 0.0861. The highest BCUT2D eigenvalue weighted by Crippen LogP contribution is 2.31. The van der Waals surface area contributed by atoms with Gasteiger partial charge in [0.1, 0.15) is 5.75 Å². The number of alkyl halides is 2. The molecule has 0 fully saturated rings. The predicted molar refractivity (Wildman–Crippen MR) is 101 cm³/mol. The number of halogens is 2. The second kappa shape index (κ2) is 10.9. The smallest absolute Gasteiger partial charge is 0.387 e. The van der Waals surface area contributed by atoms with E-state index < -0.39 is 12.5 Å². The van der Waals surface area contributed by atoms with Gasteiger partial charge in [-0.05, 0) is 43.2 Å². The Morgan fingerprint density at radius 2 is 1.89 bits per heavy atom. The highest BCUT2D eigenvalue weighted by molar-refractivity contribution is 5.86. The van der Waals surface area contributed by atoms with Crippen LogP contribution in [0.4, 0.5) is 8.78 Å². The van der Waals surface area contributed by atoms with Crippen LogP contribution in [0.5, 0.6) is 17.2 Å². The minimum atomic E-state index is -3.02. The van der Waals surface area contributed by atoms with Gasteiger partial charge in [-0.2, -0.15) is 13.9 Å². The largest absolute Gasteiger partial charge is 0.490 e. The normalized spacial score (nSPS) is 10.9. The highest BCUT2D eigenvalue weighted by Gasteiger charge is 2.14. The van der Waals surface area contributed by atoms with Crippen LogP contribution in [-0.4, -0.2) is 31.9 Å². The molecular weight excluding hydrogens is 370 g/mol. The van der Waals surface area contributed by atoms with Crippen molar-refractivity contribution in [2.75, 3.05) is 13.2 Å². The fourth-order valence-electron chi connectivity index (χ4n) is 2.30. The molecule has 0 radical (unpaired) electrons. The zero-order valence-corrected chi connectivity index (χ0v) is 15.7. The molecule has 0 saturated carbocycles. The maximum atomic E-state index is 12.7. The maximum Gasteiger partial charge on any atom is 0.387 e. The van der Waals surface area contributed by atoms with E-state index in [2.05, 4.69) is 15.3 Å². The Hall–Kier alpha value is -3.16. The number of nitrogens with one attached hydrogen (secondary N) is 1. The summed E-state index contributed by atoms with van der Waals surface area (Å²) >= 11 is 0. The van der Waals surface area contributed by atoms with E-state index in [0.717, 1.165) is 12.0 Å². The van der Waals surface area contributed by atoms with Gasteiger partial charge in [-0.3, -0.25) is 4.79 Å². The number of amides is 1. The van der Waals surface area contributed by atoms with E-state index in [1.54, 1.807) is 25.1 Å². The van der Waals surface area contributed by atoms with Crippen LogP contribution in [-0.2, 0) is 11.2 Å². The number of nitrogens with zero attached hydrogens (tertiary/aromatic N) is 1. The lowest BCUT2D eigenvalue weighted by Crippen LogP contribution is -2.24. The Balaban J connectivity index is 1.95. The molecule has 0 aliphatic carbocycles. The van der Waals surface area contributed by atoms with Crippen LogP contribution in [0.3, 0.4) is 0 Å². The maximum absolute atomic E-state index is 12.7. The van der Waals surface area contributed by atoms with Gasteiger partial charge in [0.05, 0.1) is 12.8 Å². The molecule has 0 saturated heterocycles. The number of carbonyl (C=O) groups excluding carboxylic acids is 1. The Labute approximate surface area is 162 Å². The van der Waals surface area contributed by atoms with Crippen molar-refractivity contribution in [3.8, 4) is 17.2 Å². The standard InChI is InChI=1S/C20H22F2N2O4/c1-3-14-8-10-16(11-9-14)27-13-18(25)24-23-12-15-6-5-7-17(26-4-2)19(15)28-20(21)22/h5-12,20H,3-4,13H2,1-2H3,(H,24,25)/b23-12-. The summed E-state index contributed by atoms with van der Waals surface area (Å²) in [6.45, 7) is 0.803. The van der Waals surface area contributed by atoms with Crippen LogP contribution in [0.1, 0.15) is 25.0 Å². The lowest BCUT2D eigenvalue weighted by molar-refractivity contribution is -0.123. The third kappa shape index (κ3) is 6.53. The average molecular weight is 392 g/mol. The summed E-state index contributed by atoms with van der Waals surface area (Å²) in [6, 6.07) is 12.0. The first-order valence-corrected chi connectivity index (χ1v) is 8.77. The van der Waals surface area contributed by atoms with E-state index in [1.807, 2.05) is 19.1 Å². The van der Waals surface area contributed by atoms with Crippen LogP contribution in [0.25, 0.3) is 0 Å². The van der Waals surface area contributed by atoms with E-state index >= 15 is 0 Å². The Morgan fingerprint density at radius 3 is 2.54 bits per heavy atom. The fourth-order valence-corrected chi connectivity index (χ4v) is 2.30. The zero-order valence-electron chi connectivity index (χ0n) is 15.7. The first kappa shape index (κ1) is 21.1. The zero-order chi connectivity index (χ0) is 20.4. The number of aryl methyl sites for hydroxylation is 1. The van der Waals surface area contributed by atoms with Gasteiger partial charge in [-0.25, -0.2) is 5.43 Å². The Bertz CT molecular complexity index is 795. The number of rotatable bonds is 10. The van der Waals surface area contributed by atoms with E-state index in [4.69, 9.17) is 9.47 Å². The summed E-state index contributed by atoms with van der Waals surface area (Å²) in [4.78, 5) is 11.8. The van der Waals surface area contributed by atoms with Crippen molar-refractivity contribution in [2.24, 2.45) is 5.10 Å². The molecule has 2 aromatic carbocycles. The molecular formula is C20H22F2N2O4. The molecule has 0 bridgehead atoms. The monoisotopic (exact) mass is 392 g/mol. The average Bonchev–Trinajstić information content (AvgIpc) is 2.69. The molecule has 0 atom stereocenters. The van der Waals surface area contributed by atoms with Gasteiger partial charge in [-0.15, -0.1) is 0 Å². The van der Waals surface area contributed by atoms with Gasteiger partial charge in [-0.1, -0.05) is 25.1 Å². The van der Waals surface area contributed by atoms with Gasteiger partial charge < -0.3 is 14.2 Å². The summed E-state index contributed by atoms with van der Waals surface area (Å²) in [7, 11) is 0. The molecule has 0 aliphatic heterocycles. The fraction of sp³-hybridized carbons (Fsp3) is 0.300. The van der Waals surface area contributed by atoms with Gasteiger partial charge in [0.15, 0.2) is 18.1 Å². The molecule has 0 unspecified atom stereocenters. The third-order valence-corrected chi connectivity index (χ3v) is 3.61. The van der Waals surface area contributed by atoms with Crippen LogP contribution in [0.2, 0.25) is 0 Å². The molecule has 150 valence electrons. The van der Waals surface area contributed by atoms with Crippen LogP contribution < -0.4 is 19.6 Å². The number of benzene rings is 2. The van der Waals surface area contributed by atoms with Crippen molar-refractivity contribution >= 4 is 12.1 Å². The number of hydrazone groups is 1. The van der Waals surface area contributed by atoms with Crippen LogP contribution in [0, 0.1) is 0 Å². The van der Waals surface area contributed by atoms with Crippen molar-refractivity contribution in [1.82, 2.24) is 5.43 Å². The second-order valence-corrected chi connectivity index (χ2v) is 5.57. The minimum absolute atomic E-state index is 0.149. The van der Waals surface area contributed by atoms with E-state index in [-0.39, 0.29) is 30.3 Å². The molecule has 2 aromatic rings. The molecule has 0 aromatic heterocycles. The highest BCUT2D eigenvalue weighted by atomic mass is 19.3. The quantitative estimate of drug-likeness (QED) is 0.494. The summed E-state index contributed by atoms with van der Waals surface area (Å²) < 4.78 is 40.5. The summed E-state index contributed by atoms with van der Waals surface area (Å²) in [5.41, 5.74) is 3.68. The number of ether oxygens (including phenoxy) is 3. The van der Waals surface area contributed by atoms with Crippen LogP contribution >= 0.6 is 0 Å². The molecule has 1 N–H and O–H groups in total. The van der Waals surface area contributed by atoms with Crippen molar-refractivity contribution in [1.29, 1.82) is 0 Å². The molecule has 0 heterocycles. The number of carbonyl (C=O) groups is 1. The number of para-hydroxylation sites is 1. The van der Waals surface area contributed by atoms with Gasteiger partial charge in [0.2, 0.25) is 0 Å². The molecule has 6 nitrogen and oxygen atoms in total. The lowest BCUT2D eigenvalue weighted by Gasteiger charge is -2.13. The van der Waals surface area contributed by atoms with Gasteiger partial charge in [0.25, 0.3) is 5.91 Å². The Morgan fingerprint density at radius 1 is 1.14 bits per heavy atom. The SMILES string of the molecule is CCOc1cccc(/C=N\NC(=O)COc2ccc(CC)cc2)c1OC(F)F. The predicted octanol–water partition coefficient (Wildman–Crippen LogP) is 3.78. The second-order valence-electron chi connectivity index (χ2n) is 5.57. The number of hydrogen-bond acceptors (Lipinski definition) is 5. The van der Waals surface area contributed by atoms with E-state index in [0.29, 0.717) is 5.75 Å². The summed E-state index contributed by atoms with van der Waals surface area (Å²) in [5, 5.41) is 3.77. The molecule has 1 amide bonds. The van der Waals surface area contributed by atoms with E-state index in [1.165, 1.54) is 18.3 Å². The first-order chi connectivity index (χ1) is 13.5. The number of hydrogen-bond donors (Lipinski definition) is 1. The molecule has 0 aliphatic rings. The molecule has 8 heteroatoms. The molecule has 28 heavy (non-hydrogen) atoms. The van der Waals surface area contributed by atoms with Crippen molar-refractivity contribution in [3.05, 3.63) is 53.6 Å². The van der Waals surface area contributed by atoms with Crippen molar-refractivity contribution in [2.45, 2.75) is 26.9 Å². The van der Waals surface area contributed by atoms with Gasteiger partial charge in [0, 0.05) is 5.56 Å². The third-order valence-electron chi connectivity index (χ3n) is 3.61. The first-order valence-electron chi connectivity index (χ1n) is 8.77. The topological polar surface area (TPSA) is 69.2 Å². The molecule has 2 rings (SSSR count). The minimum Gasteiger partial charge on any atom is -0.490 e. The van der Waals surface area contributed by atoms with Gasteiger partial charge >= 0.3 is 6.61 Å². The summed E-state index contributed by atoms with van der Waals surface area (Å²) in [6.07, 6.45) is 2.12. The van der Waals surface area contributed by atoms with Crippen molar-refractivity contribution in [3.63, 3.8) is 0 Å². The molecule has 0 spiro atoms. The van der Waals surface area contributed by atoms with Crippen LogP contribution in [0.15, 0.2) is 47.6 Å².